The third-order valence-corrected chi connectivity index (χ3v) is 8.09. The van der Waals surface area contributed by atoms with Crippen molar-refractivity contribution in [3.8, 4) is 0 Å². The topological polar surface area (TPSA) is 108 Å². The van der Waals surface area contributed by atoms with Crippen LogP contribution in [0.15, 0.2) is 54.6 Å². The fraction of sp³-hybridized carbons (Fsp3) is 0.423. The predicted octanol–water partition coefficient (Wildman–Crippen LogP) is 2.92. The molecule has 5 rings (SSSR count). The van der Waals surface area contributed by atoms with Gasteiger partial charge in [-0.1, -0.05) is 36.7 Å². The third-order valence-electron chi connectivity index (χ3n) is 7.84. The van der Waals surface area contributed by atoms with Crippen LogP contribution in [0.5, 0.6) is 0 Å². The zero-order valence-corrected chi connectivity index (χ0v) is 20.3. The van der Waals surface area contributed by atoms with Gasteiger partial charge >= 0.3 is 0 Å². The Labute approximate surface area is 208 Å². The van der Waals surface area contributed by atoms with E-state index in [1.165, 1.54) is 4.90 Å². The molecule has 3 aliphatic heterocycles. The fourth-order valence-corrected chi connectivity index (χ4v) is 6.40. The van der Waals surface area contributed by atoms with E-state index in [-0.39, 0.29) is 30.9 Å². The quantitative estimate of drug-likeness (QED) is 0.568. The van der Waals surface area contributed by atoms with Gasteiger partial charge in [0.05, 0.1) is 24.0 Å². The van der Waals surface area contributed by atoms with Gasteiger partial charge in [0.25, 0.3) is 0 Å². The molecule has 2 bridgehead atoms. The Balaban J connectivity index is 1.52. The lowest BCUT2D eigenvalue weighted by atomic mass is 9.62. The van der Waals surface area contributed by atoms with Gasteiger partial charge in [-0.15, -0.1) is 0 Å². The van der Waals surface area contributed by atoms with E-state index in [9.17, 15) is 19.5 Å². The molecule has 2 aromatic carbocycles. The number of β-amino-alcohol motifs (C(OH)–C–C–N with tert-alkyl or cyclic N) is 1. The van der Waals surface area contributed by atoms with Crippen LogP contribution in [-0.2, 0) is 19.1 Å². The van der Waals surface area contributed by atoms with E-state index >= 15 is 0 Å². The Morgan fingerprint density at radius 2 is 1.71 bits per heavy atom. The van der Waals surface area contributed by atoms with Crippen molar-refractivity contribution in [1.29, 1.82) is 0 Å². The molecule has 0 radical (unpaired) electrons. The molecule has 6 atom stereocenters. The Bertz CT molecular complexity index is 1160. The summed E-state index contributed by atoms with van der Waals surface area (Å²) in [5.41, 5.74) is -0.931. The monoisotopic (exact) mass is 497 g/mol. The highest BCUT2D eigenvalue weighted by Gasteiger charge is 2.79. The first kappa shape index (κ1) is 23.8. The number of amides is 3. The molecule has 3 aliphatic rings. The lowest BCUT2D eigenvalue weighted by molar-refractivity contribution is -0.144. The molecular weight excluding hydrogens is 470 g/mol. The van der Waals surface area contributed by atoms with Crippen molar-refractivity contribution in [2.45, 2.75) is 37.5 Å². The van der Waals surface area contributed by atoms with Crippen molar-refractivity contribution in [1.82, 2.24) is 4.90 Å². The van der Waals surface area contributed by atoms with Gasteiger partial charge in [-0.2, -0.15) is 0 Å². The van der Waals surface area contributed by atoms with E-state index in [2.05, 4.69) is 10.6 Å². The number of rotatable bonds is 6. The van der Waals surface area contributed by atoms with E-state index in [1.807, 2.05) is 32.0 Å². The number of nitrogens with one attached hydrogen (secondary N) is 2. The second-order valence-corrected chi connectivity index (χ2v) is 10.2. The summed E-state index contributed by atoms with van der Waals surface area (Å²) in [6.07, 6.45) is 0.454. The molecule has 8 nitrogen and oxygen atoms in total. The van der Waals surface area contributed by atoms with Gasteiger partial charge in [0.1, 0.15) is 11.6 Å². The van der Waals surface area contributed by atoms with Crippen LogP contribution in [0.1, 0.15) is 20.3 Å². The molecule has 3 saturated heterocycles. The molecule has 3 fully saturated rings. The zero-order chi connectivity index (χ0) is 25.0. The molecule has 184 valence electrons. The molecule has 2 aromatic rings. The van der Waals surface area contributed by atoms with Gasteiger partial charge in [0, 0.05) is 22.9 Å². The van der Waals surface area contributed by atoms with Crippen molar-refractivity contribution in [2.24, 2.45) is 17.8 Å². The van der Waals surface area contributed by atoms with Gasteiger partial charge in [-0.3, -0.25) is 14.4 Å². The van der Waals surface area contributed by atoms with E-state index in [1.54, 1.807) is 36.4 Å². The predicted molar refractivity (Wildman–Crippen MR) is 131 cm³/mol. The number of ether oxygens (including phenoxy) is 1. The minimum absolute atomic E-state index is 0.0305. The molecule has 3 N–H and O–H groups in total. The molecule has 0 aliphatic carbocycles. The average Bonchev–Trinajstić information content (AvgIpc) is 3.33. The number of aliphatic hydroxyl groups excluding tert-OH is 1. The average molecular weight is 498 g/mol. The van der Waals surface area contributed by atoms with Crippen LogP contribution in [0.4, 0.5) is 11.4 Å². The van der Waals surface area contributed by atoms with E-state index in [4.69, 9.17) is 16.3 Å². The minimum Gasteiger partial charge on any atom is -0.395 e. The zero-order valence-electron chi connectivity index (χ0n) is 19.5. The van der Waals surface area contributed by atoms with Crippen LogP contribution in [0, 0.1) is 17.8 Å². The lowest BCUT2D eigenvalue weighted by Crippen LogP contribution is -2.54. The SMILES string of the molecule is CC1CC23O[C@]1(C)[C@@H](C(=O)Nc1ccccc1)[C@H]2C(=O)N(CCO)C3C(=O)Nc1ccc(Cl)cc1. The van der Waals surface area contributed by atoms with Crippen molar-refractivity contribution < 1.29 is 24.2 Å². The van der Waals surface area contributed by atoms with Gasteiger partial charge in [0.2, 0.25) is 17.7 Å². The highest BCUT2D eigenvalue weighted by molar-refractivity contribution is 6.30. The number of likely N-dealkylation sites (tertiary alicyclic amines) is 1. The molecule has 9 heteroatoms. The largest absolute Gasteiger partial charge is 0.395 e. The normalized spacial score (nSPS) is 33.0. The standard InChI is InChI=1S/C26H28ClN3O5/c1-15-14-26-20(19(25(15,2)35-26)22(32)28-17-6-4-3-5-7-17)24(34)30(12-13-31)21(26)23(33)29-18-10-8-16(27)9-11-18/h3-11,15,19-21,31H,12-14H2,1-2H3,(H,28,32)(H,29,33)/t15?,19-,20+,21?,25+,26?/m1/s1. The molecule has 3 amide bonds. The van der Waals surface area contributed by atoms with E-state index in [0.29, 0.717) is 22.8 Å². The maximum absolute atomic E-state index is 13.7. The van der Waals surface area contributed by atoms with Crippen LogP contribution in [0.2, 0.25) is 5.02 Å². The molecule has 3 heterocycles. The Morgan fingerprint density at radius 3 is 2.37 bits per heavy atom. The molecule has 35 heavy (non-hydrogen) atoms. The van der Waals surface area contributed by atoms with Gasteiger partial charge in [-0.25, -0.2) is 0 Å². The molecule has 0 saturated carbocycles. The summed E-state index contributed by atoms with van der Waals surface area (Å²) in [5, 5.41) is 16.0. The van der Waals surface area contributed by atoms with Gasteiger partial charge in [0.15, 0.2) is 0 Å². The number of halogens is 1. The second kappa shape index (κ2) is 8.62. The molecule has 3 unspecified atom stereocenters. The molecular formula is C26H28ClN3O5. The Morgan fingerprint density at radius 1 is 1.09 bits per heavy atom. The van der Waals surface area contributed by atoms with Crippen LogP contribution in [0.3, 0.4) is 0 Å². The van der Waals surface area contributed by atoms with Crippen molar-refractivity contribution in [3.63, 3.8) is 0 Å². The van der Waals surface area contributed by atoms with Crippen LogP contribution < -0.4 is 10.6 Å². The Hall–Kier alpha value is -2.94. The first-order valence-corrected chi connectivity index (χ1v) is 12.1. The summed E-state index contributed by atoms with van der Waals surface area (Å²) in [6, 6.07) is 14.7. The maximum Gasteiger partial charge on any atom is 0.250 e. The van der Waals surface area contributed by atoms with Crippen molar-refractivity contribution >= 4 is 40.7 Å². The highest BCUT2D eigenvalue weighted by Crippen LogP contribution is 2.65. The van der Waals surface area contributed by atoms with Crippen LogP contribution in [-0.4, -0.2) is 58.1 Å². The smallest absolute Gasteiger partial charge is 0.250 e. The second-order valence-electron chi connectivity index (χ2n) is 9.81. The number of carbonyl (C=O) groups is 3. The Kier molecular flexibility index (Phi) is 5.86. The number of aliphatic hydroxyl groups is 1. The number of hydrogen-bond donors (Lipinski definition) is 3. The number of carbonyl (C=O) groups excluding carboxylic acids is 3. The van der Waals surface area contributed by atoms with Crippen LogP contribution >= 0.6 is 11.6 Å². The summed E-state index contributed by atoms with van der Waals surface area (Å²) >= 11 is 5.97. The van der Waals surface area contributed by atoms with Crippen LogP contribution in [0.25, 0.3) is 0 Å². The molecule has 0 aromatic heterocycles. The van der Waals surface area contributed by atoms with Crippen molar-refractivity contribution in [2.75, 3.05) is 23.8 Å². The first-order chi connectivity index (χ1) is 16.7. The molecule has 1 spiro atoms. The van der Waals surface area contributed by atoms with Crippen molar-refractivity contribution in [3.05, 3.63) is 59.6 Å². The summed E-state index contributed by atoms with van der Waals surface area (Å²) in [7, 11) is 0. The van der Waals surface area contributed by atoms with Gasteiger partial charge in [-0.05, 0) is 55.7 Å². The fourth-order valence-electron chi connectivity index (χ4n) is 6.27. The highest BCUT2D eigenvalue weighted by atomic mass is 35.5. The minimum atomic E-state index is -1.17. The lowest BCUT2D eigenvalue weighted by Gasteiger charge is -2.36. The number of hydrogen-bond acceptors (Lipinski definition) is 5. The number of anilines is 2. The summed E-state index contributed by atoms with van der Waals surface area (Å²) in [4.78, 5) is 42.3. The number of nitrogens with zero attached hydrogens (tertiary/aromatic N) is 1. The number of para-hydroxylation sites is 1. The van der Waals surface area contributed by atoms with E-state index in [0.717, 1.165) is 0 Å². The first-order valence-electron chi connectivity index (χ1n) is 11.7. The third kappa shape index (κ3) is 3.63. The summed E-state index contributed by atoms with van der Waals surface area (Å²) in [5.74, 6) is -2.77. The van der Waals surface area contributed by atoms with E-state index < -0.39 is 35.0 Å². The van der Waals surface area contributed by atoms with Gasteiger partial charge < -0.3 is 25.4 Å². The maximum atomic E-state index is 13.7. The number of benzene rings is 2. The summed E-state index contributed by atoms with van der Waals surface area (Å²) < 4.78 is 6.61. The summed E-state index contributed by atoms with van der Waals surface area (Å²) in [6.45, 7) is 3.50. The number of fused-ring (bicyclic) bond motifs is 1.